The van der Waals surface area contributed by atoms with E-state index in [1.807, 2.05) is 42.5 Å². The molecule has 0 unspecified atom stereocenters. The molecule has 244 valence electrons. The Balaban J connectivity index is 1.55. The van der Waals surface area contributed by atoms with E-state index in [1.54, 1.807) is 19.3 Å². The maximum Gasteiger partial charge on any atom is 0.330 e. The van der Waals surface area contributed by atoms with Gasteiger partial charge in [-0.25, -0.2) is 4.79 Å². The molecule has 0 aliphatic carbocycles. The highest BCUT2D eigenvalue weighted by molar-refractivity contribution is 5.82. The molecule has 3 aliphatic heterocycles. The van der Waals surface area contributed by atoms with Crippen LogP contribution in [0.4, 0.5) is 0 Å². The van der Waals surface area contributed by atoms with Crippen LogP contribution in [0.1, 0.15) is 64.4 Å². The van der Waals surface area contributed by atoms with Crippen molar-refractivity contribution in [1.82, 2.24) is 0 Å². The molecule has 1 N–H and O–H groups in total. The van der Waals surface area contributed by atoms with Gasteiger partial charge in [0, 0.05) is 12.5 Å². The number of benzene rings is 1. The van der Waals surface area contributed by atoms with Gasteiger partial charge in [0.25, 0.3) is 0 Å². The van der Waals surface area contributed by atoms with Crippen molar-refractivity contribution in [1.29, 1.82) is 0 Å². The van der Waals surface area contributed by atoms with Gasteiger partial charge in [0.1, 0.15) is 18.0 Å². The number of fused-ring (bicyclic) bond motifs is 2. The van der Waals surface area contributed by atoms with E-state index in [4.69, 9.17) is 23.7 Å². The molecule has 1 aromatic rings. The molecule has 1 aromatic carbocycles. The van der Waals surface area contributed by atoms with Gasteiger partial charge in [-0.15, -0.1) is 0 Å². The van der Waals surface area contributed by atoms with Crippen molar-refractivity contribution in [3.8, 4) is 5.75 Å². The summed E-state index contributed by atoms with van der Waals surface area (Å²) in [5, 5.41) is 11.1. The Kier molecular flexibility index (Phi) is 13.9. The second kappa shape index (κ2) is 18.1. The zero-order chi connectivity index (χ0) is 32.0. The molecule has 45 heavy (non-hydrogen) atoms. The summed E-state index contributed by atoms with van der Waals surface area (Å²) in [6, 6.07) is 7.64. The van der Waals surface area contributed by atoms with Crippen molar-refractivity contribution in [3.63, 3.8) is 0 Å². The quantitative estimate of drug-likeness (QED) is 0.257. The van der Waals surface area contributed by atoms with Crippen LogP contribution >= 0.6 is 0 Å². The molecule has 7 heteroatoms. The van der Waals surface area contributed by atoms with Gasteiger partial charge in [0.2, 0.25) is 0 Å². The SMILES string of the molecule is C=C1C/C=C/[C@H](O)C[C@@H]([C@H](/C=C/[C@@H]2CC(C)=CCO2)OCc2ccc(OC)cc2)OC(=O)/C=C\C[C@@H]2C=CC[C@@H](C[C@@H](C)C1)O2. The van der Waals surface area contributed by atoms with E-state index in [1.165, 1.54) is 11.6 Å². The topological polar surface area (TPSA) is 83.5 Å². The molecule has 0 spiro atoms. The minimum Gasteiger partial charge on any atom is -0.497 e. The lowest BCUT2D eigenvalue weighted by atomic mass is 9.92. The number of carbonyl (C=O) groups is 1. The fourth-order valence-electron chi connectivity index (χ4n) is 5.90. The number of hydrogen-bond donors (Lipinski definition) is 1. The number of cyclic esters (lactones) is 1. The molecule has 0 saturated heterocycles. The molecule has 0 amide bonds. The molecular formula is C38H50O7. The first-order chi connectivity index (χ1) is 21.8. The van der Waals surface area contributed by atoms with Crippen molar-refractivity contribution >= 4 is 5.97 Å². The number of methoxy groups -OCH3 is 1. The number of carbonyl (C=O) groups excluding carboxylic acids is 1. The number of aliphatic hydroxyl groups is 1. The number of hydrogen-bond acceptors (Lipinski definition) is 7. The van der Waals surface area contributed by atoms with E-state index < -0.39 is 24.3 Å². The van der Waals surface area contributed by atoms with Crippen LogP contribution in [-0.4, -0.2) is 61.4 Å². The molecule has 7 atom stereocenters. The Morgan fingerprint density at radius 1 is 1.09 bits per heavy atom. The van der Waals surface area contributed by atoms with Crippen molar-refractivity contribution in [2.24, 2.45) is 5.92 Å². The fraction of sp³-hybridized carbons (Fsp3) is 0.500. The van der Waals surface area contributed by atoms with E-state index in [2.05, 4.69) is 38.7 Å². The molecule has 0 radical (unpaired) electrons. The Bertz CT molecular complexity index is 1240. The number of aliphatic hydroxyl groups excluding tert-OH is 1. The van der Waals surface area contributed by atoms with Crippen LogP contribution in [0.25, 0.3) is 0 Å². The third-order valence-corrected chi connectivity index (χ3v) is 8.30. The van der Waals surface area contributed by atoms with Crippen LogP contribution in [-0.2, 0) is 30.3 Å². The van der Waals surface area contributed by atoms with Crippen LogP contribution < -0.4 is 4.74 Å². The summed E-state index contributed by atoms with van der Waals surface area (Å²) in [7, 11) is 1.63. The summed E-state index contributed by atoms with van der Waals surface area (Å²) in [6.07, 6.45) is 19.8. The van der Waals surface area contributed by atoms with Gasteiger partial charge in [0.05, 0.1) is 44.7 Å². The molecule has 7 nitrogen and oxygen atoms in total. The average molecular weight is 619 g/mol. The normalized spacial score (nSPS) is 30.9. The Morgan fingerprint density at radius 2 is 1.91 bits per heavy atom. The standard InChI is InChI=1S/C38H50O7/c1-27-8-5-9-31(39)25-37(45-38(40)13-7-11-33-10-6-12-35(44-33)24-29(3)22-27)36(19-18-34-23-28(2)20-21-42-34)43-26-30-14-16-32(41-4)17-15-30/h5-7,9-10,13-20,29,31,33-37,39H,1,8,11-12,21-26H2,2-4H3/b9-5+,13-7-,19-18+/t29-,31-,33-,34+,35-,36-,37-/m0/s1. The predicted molar refractivity (Wildman–Crippen MR) is 177 cm³/mol. The van der Waals surface area contributed by atoms with Gasteiger partial charge < -0.3 is 28.8 Å². The second-order valence-electron chi connectivity index (χ2n) is 12.4. The van der Waals surface area contributed by atoms with E-state index >= 15 is 0 Å². The van der Waals surface area contributed by atoms with Gasteiger partial charge in [-0.05, 0) is 69.1 Å². The number of ether oxygens (including phenoxy) is 5. The molecule has 2 bridgehead atoms. The third-order valence-electron chi connectivity index (χ3n) is 8.30. The lowest BCUT2D eigenvalue weighted by molar-refractivity contribution is -0.151. The van der Waals surface area contributed by atoms with Crippen molar-refractivity contribution in [2.75, 3.05) is 13.7 Å². The minimum atomic E-state index is -0.842. The minimum absolute atomic E-state index is 0.0841. The maximum atomic E-state index is 13.1. The summed E-state index contributed by atoms with van der Waals surface area (Å²) in [5.41, 5.74) is 3.32. The Morgan fingerprint density at radius 3 is 2.69 bits per heavy atom. The van der Waals surface area contributed by atoms with Crippen LogP contribution in [0.5, 0.6) is 5.75 Å². The van der Waals surface area contributed by atoms with E-state index in [-0.39, 0.29) is 31.3 Å². The summed E-state index contributed by atoms with van der Waals surface area (Å²) in [6.45, 7) is 9.43. The first-order valence-electron chi connectivity index (χ1n) is 16.2. The average Bonchev–Trinajstić information content (AvgIpc) is 3.01. The summed E-state index contributed by atoms with van der Waals surface area (Å²) >= 11 is 0. The van der Waals surface area contributed by atoms with Gasteiger partial charge in [-0.3, -0.25) is 0 Å². The Hall–Kier alpha value is -3.23. The van der Waals surface area contributed by atoms with Crippen LogP contribution in [0.2, 0.25) is 0 Å². The van der Waals surface area contributed by atoms with E-state index in [0.29, 0.717) is 25.4 Å². The largest absolute Gasteiger partial charge is 0.497 e. The molecule has 4 rings (SSSR count). The monoisotopic (exact) mass is 618 g/mol. The van der Waals surface area contributed by atoms with Crippen LogP contribution in [0.15, 0.2) is 96.7 Å². The van der Waals surface area contributed by atoms with Gasteiger partial charge >= 0.3 is 5.97 Å². The number of rotatable bonds is 7. The maximum absolute atomic E-state index is 13.1. The van der Waals surface area contributed by atoms with Crippen LogP contribution in [0, 0.1) is 5.92 Å². The molecule has 3 heterocycles. The highest BCUT2D eigenvalue weighted by atomic mass is 16.6. The summed E-state index contributed by atoms with van der Waals surface area (Å²) in [4.78, 5) is 13.1. The zero-order valence-corrected chi connectivity index (χ0v) is 27.0. The molecule has 0 fully saturated rings. The molecular weight excluding hydrogens is 568 g/mol. The number of esters is 1. The first-order valence-corrected chi connectivity index (χ1v) is 16.2. The molecule has 0 aromatic heterocycles. The second-order valence-corrected chi connectivity index (χ2v) is 12.4. The van der Waals surface area contributed by atoms with E-state index in [9.17, 15) is 9.90 Å². The predicted octanol–water partition coefficient (Wildman–Crippen LogP) is 7.13. The van der Waals surface area contributed by atoms with Crippen LogP contribution in [0.3, 0.4) is 0 Å². The van der Waals surface area contributed by atoms with E-state index in [0.717, 1.165) is 42.6 Å². The van der Waals surface area contributed by atoms with Crippen molar-refractivity contribution in [2.45, 2.75) is 102 Å². The highest BCUT2D eigenvalue weighted by Gasteiger charge is 2.27. The zero-order valence-electron chi connectivity index (χ0n) is 27.0. The highest BCUT2D eigenvalue weighted by Crippen LogP contribution is 2.26. The molecule has 3 aliphatic rings. The fourth-order valence-corrected chi connectivity index (χ4v) is 5.90. The van der Waals surface area contributed by atoms with Crippen molar-refractivity contribution < 1.29 is 33.6 Å². The lowest BCUT2D eigenvalue weighted by Crippen LogP contribution is -2.35. The Labute approximate surface area is 268 Å². The van der Waals surface area contributed by atoms with Gasteiger partial charge in [0.15, 0.2) is 0 Å². The lowest BCUT2D eigenvalue weighted by Gasteiger charge is -2.28. The van der Waals surface area contributed by atoms with Crippen molar-refractivity contribution in [3.05, 3.63) is 102 Å². The van der Waals surface area contributed by atoms with Gasteiger partial charge in [-0.1, -0.05) is 85.4 Å². The smallest absolute Gasteiger partial charge is 0.330 e. The summed E-state index contributed by atoms with van der Waals surface area (Å²) < 4.78 is 29.9. The number of allylic oxidation sites excluding steroid dienone is 2. The first kappa shape index (κ1) is 34.6. The summed E-state index contributed by atoms with van der Waals surface area (Å²) in [5.74, 6) is 0.702. The molecule has 0 saturated carbocycles. The third kappa shape index (κ3) is 12.2. The van der Waals surface area contributed by atoms with Gasteiger partial charge in [-0.2, -0.15) is 0 Å².